The number of halogens is 1. The average Bonchev–Trinajstić information content (AvgIpc) is 2.57. The Hall–Kier alpha value is -0.680. The van der Waals surface area contributed by atoms with Gasteiger partial charge in [-0.25, -0.2) is 4.39 Å². The normalized spacial score (nSPS) is 30.2. The maximum Gasteiger partial charge on any atom is 0.249 e. The molecule has 0 aromatic heterocycles. The number of fused-ring (bicyclic) bond motifs is 1. The van der Waals surface area contributed by atoms with Gasteiger partial charge in [-0.15, -0.1) is 23.5 Å². The summed E-state index contributed by atoms with van der Waals surface area (Å²) in [5.41, 5.74) is 1.06. The third-order valence-electron chi connectivity index (χ3n) is 5.49. The summed E-state index contributed by atoms with van der Waals surface area (Å²) in [6, 6.07) is 7.10. The number of piperidine rings is 2. The second-order valence-electron chi connectivity index (χ2n) is 6.60. The summed E-state index contributed by atoms with van der Waals surface area (Å²) in [4.78, 5) is 15.5. The van der Waals surface area contributed by atoms with E-state index in [-0.39, 0.29) is 21.8 Å². The number of rotatable bonds is 3. The van der Waals surface area contributed by atoms with Gasteiger partial charge in [-0.05, 0) is 61.8 Å². The topological polar surface area (TPSA) is 20.3 Å². The second kappa shape index (κ2) is 6.67. The largest absolute Gasteiger partial charge is 0.330 e. The Bertz CT molecular complexity index is 573. The number of hydrogen-bond donors (Lipinski definition) is 0. The van der Waals surface area contributed by atoms with Crippen molar-refractivity contribution in [1.82, 2.24) is 4.90 Å². The van der Waals surface area contributed by atoms with Crippen LogP contribution in [0.25, 0.3) is 0 Å². The van der Waals surface area contributed by atoms with Crippen LogP contribution in [0.4, 0.5) is 4.39 Å². The van der Waals surface area contributed by atoms with Gasteiger partial charge in [-0.1, -0.05) is 19.1 Å². The maximum atomic E-state index is 13.4. The molecule has 2 aliphatic heterocycles. The molecule has 2 fully saturated rings. The van der Waals surface area contributed by atoms with Crippen molar-refractivity contribution < 1.29 is 9.18 Å². The molecule has 1 aromatic rings. The zero-order valence-corrected chi connectivity index (χ0v) is 15.6. The first-order chi connectivity index (χ1) is 11.0. The van der Waals surface area contributed by atoms with Gasteiger partial charge >= 0.3 is 0 Å². The smallest absolute Gasteiger partial charge is 0.249 e. The van der Waals surface area contributed by atoms with Crippen molar-refractivity contribution in [2.75, 3.05) is 12.5 Å². The molecule has 5 heteroatoms. The van der Waals surface area contributed by atoms with Gasteiger partial charge in [0.25, 0.3) is 0 Å². The predicted molar refractivity (Wildman–Crippen MR) is 97.2 cm³/mol. The molecule has 2 heterocycles. The van der Waals surface area contributed by atoms with Gasteiger partial charge in [0.2, 0.25) is 5.91 Å². The van der Waals surface area contributed by atoms with Gasteiger partial charge in [-0.2, -0.15) is 0 Å². The van der Waals surface area contributed by atoms with Crippen LogP contribution >= 0.6 is 23.5 Å². The number of benzene rings is 1. The third-order valence-corrected chi connectivity index (χ3v) is 8.57. The van der Waals surface area contributed by atoms with E-state index in [1.807, 2.05) is 24.6 Å². The van der Waals surface area contributed by atoms with Crippen LogP contribution in [-0.4, -0.2) is 33.4 Å². The molecule has 0 radical (unpaired) electrons. The molecule has 23 heavy (non-hydrogen) atoms. The Kier molecular flexibility index (Phi) is 4.98. The molecule has 0 N–H and O–H groups in total. The molecule has 3 rings (SSSR count). The lowest BCUT2D eigenvalue weighted by Crippen LogP contribution is -2.59. The fraction of sp³-hybridized carbons (Fsp3) is 0.611. The molecular weight excluding hydrogens is 329 g/mol. The highest BCUT2D eigenvalue weighted by molar-refractivity contribution is 8.18. The van der Waals surface area contributed by atoms with E-state index in [0.29, 0.717) is 12.0 Å². The zero-order chi connectivity index (χ0) is 16.6. The Labute approximate surface area is 146 Å². The van der Waals surface area contributed by atoms with Gasteiger partial charge in [0.1, 0.15) is 9.90 Å². The van der Waals surface area contributed by atoms with Crippen LogP contribution in [-0.2, 0) is 4.79 Å². The summed E-state index contributed by atoms with van der Waals surface area (Å²) in [6.45, 7) is 2.26. The lowest BCUT2D eigenvalue weighted by molar-refractivity contribution is -0.144. The summed E-state index contributed by atoms with van der Waals surface area (Å²) in [5.74, 6) is 0.578. The lowest BCUT2D eigenvalue weighted by atomic mass is 9.79. The minimum absolute atomic E-state index is 0.0864. The van der Waals surface area contributed by atoms with E-state index in [4.69, 9.17) is 0 Å². The molecule has 3 atom stereocenters. The van der Waals surface area contributed by atoms with Crippen molar-refractivity contribution in [3.63, 3.8) is 0 Å². The molecule has 0 bridgehead atoms. The van der Waals surface area contributed by atoms with Crippen LogP contribution < -0.4 is 0 Å². The number of nitrogens with zero attached hydrogens (tertiary/aromatic N) is 1. The number of carbonyl (C=O) groups is 1. The van der Waals surface area contributed by atoms with Crippen molar-refractivity contribution in [1.29, 1.82) is 0 Å². The Morgan fingerprint density at radius 3 is 2.39 bits per heavy atom. The molecule has 2 aliphatic rings. The van der Waals surface area contributed by atoms with Gasteiger partial charge in [0.05, 0.1) is 6.04 Å². The SMILES string of the molecule is CSC1(SC)CC[C@@H]2[C@H](C)CC[C@@H](c3ccc(F)cc3)N2C1=O. The van der Waals surface area contributed by atoms with E-state index in [0.717, 1.165) is 31.2 Å². The fourth-order valence-electron chi connectivity index (χ4n) is 4.09. The number of carbonyl (C=O) groups excluding carboxylic acids is 1. The van der Waals surface area contributed by atoms with Crippen molar-refractivity contribution >= 4 is 29.4 Å². The van der Waals surface area contributed by atoms with E-state index in [1.165, 1.54) is 12.1 Å². The summed E-state index contributed by atoms with van der Waals surface area (Å²) in [7, 11) is 0. The van der Waals surface area contributed by atoms with Gasteiger partial charge in [0, 0.05) is 6.04 Å². The number of amides is 1. The van der Waals surface area contributed by atoms with E-state index < -0.39 is 0 Å². The van der Waals surface area contributed by atoms with Crippen LogP contribution in [0.3, 0.4) is 0 Å². The van der Waals surface area contributed by atoms with Crippen molar-refractivity contribution in [3.05, 3.63) is 35.6 Å². The van der Waals surface area contributed by atoms with E-state index in [2.05, 4.69) is 11.8 Å². The highest BCUT2D eigenvalue weighted by Crippen LogP contribution is 2.50. The summed E-state index contributed by atoms with van der Waals surface area (Å²) in [5, 5.41) is 0. The summed E-state index contributed by atoms with van der Waals surface area (Å²) >= 11 is 3.34. The van der Waals surface area contributed by atoms with Gasteiger partial charge in [-0.3, -0.25) is 4.79 Å². The average molecular weight is 354 g/mol. The molecular formula is C18H24FNOS2. The van der Waals surface area contributed by atoms with Gasteiger partial charge in [0.15, 0.2) is 0 Å². The van der Waals surface area contributed by atoms with Crippen LogP contribution in [0.2, 0.25) is 0 Å². The molecule has 2 nitrogen and oxygen atoms in total. The highest BCUT2D eigenvalue weighted by atomic mass is 32.2. The van der Waals surface area contributed by atoms with E-state index >= 15 is 0 Å². The molecule has 0 unspecified atom stereocenters. The minimum Gasteiger partial charge on any atom is -0.330 e. The first-order valence-corrected chi connectivity index (χ1v) is 10.7. The van der Waals surface area contributed by atoms with Crippen LogP contribution in [0.15, 0.2) is 24.3 Å². The summed E-state index contributed by atoms with van der Waals surface area (Å²) < 4.78 is 12.9. The van der Waals surface area contributed by atoms with Crippen molar-refractivity contribution in [2.24, 2.45) is 5.92 Å². The Morgan fingerprint density at radius 1 is 1.13 bits per heavy atom. The molecule has 0 aliphatic carbocycles. The number of thioether (sulfide) groups is 2. The molecule has 2 saturated heterocycles. The van der Waals surface area contributed by atoms with Crippen molar-refractivity contribution in [2.45, 2.75) is 48.8 Å². The number of hydrogen-bond acceptors (Lipinski definition) is 3. The molecule has 0 saturated carbocycles. The molecule has 1 amide bonds. The maximum absolute atomic E-state index is 13.4. The van der Waals surface area contributed by atoms with Crippen molar-refractivity contribution in [3.8, 4) is 0 Å². The predicted octanol–water partition coefficient (Wildman–Crippen LogP) is 4.71. The monoisotopic (exact) mass is 353 g/mol. The molecule has 126 valence electrons. The first kappa shape index (κ1) is 17.2. The Morgan fingerprint density at radius 2 is 1.78 bits per heavy atom. The fourth-order valence-corrected chi connectivity index (χ4v) is 5.96. The Balaban J connectivity index is 1.97. The zero-order valence-electron chi connectivity index (χ0n) is 13.9. The van der Waals surface area contributed by atoms with Crippen LogP contribution in [0.5, 0.6) is 0 Å². The van der Waals surface area contributed by atoms with Crippen LogP contribution in [0.1, 0.15) is 44.2 Å². The van der Waals surface area contributed by atoms with E-state index in [9.17, 15) is 9.18 Å². The lowest BCUT2D eigenvalue weighted by Gasteiger charge is -2.53. The molecule has 1 aromatic carbocycles. The first-order valence-electron chi connectivity index (χ1n) is 8.21. The standard InChI is InChI=1S/C18H24FNOS2/c1-12-4-9-16(13-5-7-14(19)8-6-13)20-15(12)10-11-18(22-2,23-3)17(20)21/h5-8,12,15-16H,4,9-11H2,1-3H3/t12-,15-,16+/m1/s1. The third kappa shape index (κ3) is 2.91. The van der Waals surface area contributed by atoms with Crippen LogP contribution in [0, 0.1) is 11.7 Å². The molecule has 0 spiro atoms. The quantitative estimate of drug-likeness (QED) is 0.734. The summed E-state index contributed by atoms with van der Waals surface area (Å²) in [6.07, 6.45) is 8.17. The van der Waals surface area contributed by atoms with Gasteiger partial charge < -0.3 is 4.90 Å². The highest BCUT2D eigenvalue weighted by Gasteiger charge is 2.51. The second-order valence-corrected chi connectivity index (χ2v) is 9.07. The minimum atomic E-state index is -0.355. The van der Waals surface area contributed by atoms with E-state index in [1.54, 1.807) is 23.5 Å².